The van der Waals surface area contributed by atoms with Gasteiger partial charge in [0.25, 0.3) is 0 Å². The number of fused-ring (bicyclic) bond motifs is 1. The second kappa shape index (κ2) is 3.70. The van der Waals surface area contributed by atoms with Gasteiger partial charge in [-0.25, -0.2) is 4.79 Å². The van der Waals surface area contributed by atoms with E-state index in [-0.39, 0.29) is 5.97 Å². The molecule has 0 saturated carbocycles. The number of nitrogens with one attached hydrogen (secondary N) is 1. The molecule has 0 aliphatic carbocycles. The Kier molecular flexibility index (Phi) is 2.52. The van der Waals surface area contributed by atoms with Gasteiger partial charge in [-0.15, -0.1) is 0 Å². The number of aromatic nitrogens is 1. The highest BCUT2D eigenvalue weighted by atomic mass is 79.9. The Balaban J connectivity index is 2.65. The van der Waals surface area contributed by atoms with Crippen LogP contribution in [0, 0.1) is 6.92 Å². The Morgan fingerprint density at radius 1 is 1.40 bits per heavy atom. The van der Waals surface area contributed by atoms with Crippen LogP contribution >= 0.6 is 15.9 Å². The molecule has 0 amide bonds. The Morgan fingerprint density at radius 2 is 2.13 bits per heavy atom. The van der Waals surface area contributed by atoms with Crippen molar-refractivity contribution in [2.45, 2.75) is 6.92 Å². The molecule has 4 heteroatoms. The monoisotopic (exact) mass is 267 g/mol. The molecule has 1 heterocycles. The van der Waals surface area contributed by atoms with Gasteiger partial charge in [0.1, 0.15) is 5.69 Å². The minimum Gasteiger partial charge on any atom is -0.464 e. The maximum absolute atomic E-state index is 11.3. The molecule has 2 rings (SSSR count). The molecule has 0 atom stereocenters. The summed E-state index contributed by atoms with van der Waals surface area (Å²) in [5.41, 5.74) is 2.53. The summed E-state index contributed by atoms with van der Waals surface area (Å²) in [5.74, 6) is -0.346. The summed E-state index contributed by atoms with van der Waals surface area (Å²) in [6.45, 7) is 2.00. The maximum atomic E-state index is 11.3. The molecule has 3 nitrogen and oxygen atoms in total. The first-order valence-corrected chi connectivity index (χ1v) is 5.28. The van der Waals surface area contributed by atoms with E-state index in [1.807, 2.05) is 25.1 Å². The van der Waals surface area contributed by atoms with E-state index in [1.54, 1.807) is 0 Å². The van der Waals surface area contributed by atoms with Crippen LogP contribution in [0.1, 0.15) is 16.1 Å². The fourth-order valence-corrected chi connectivity index (χ4v) is 2.17. The number of H-pyrrole nitrogens is 1. The highest BCUT2D eigenvalue weighted by Gasteiger charge is 2.10. The van der Waals surface area contributed by atoms with Crippen LogP contribution in [0.15, 0.2) is 22.7 Å². The lowest BCUT2D eigenvalue weighted by molar-refractivity contribution is 0.0595. The SMILES string of the molecule is COC(=O)c1cc2c(C)cc(Br)cc2[nH]1. The van der Waals surface area contributed by atoms with Crippen molar-refractivity contribution in [2.75, 3.05) is 7.11 Å². The second-order valence-electron chi connectivity index (χ2n) is 3.36. The largest absolute Gasteiger partial charge is 0.464 e. The van der Waals surface area contributed by atoms with Crippen LogP contribution in [-0.2, 0) is 4.74 Å². The first-order valence-electron chi connectivity index (χ1n) is 4.49. The molecule has 0 bridgehead atoms. The third-order valence-corrected chi connectivity index (χ3v) is 2.77. The zero-order valence-corrected chi connectivity index (χ0v) is 10.0. The molecule has 1 aromatic carbocycles. The number of carbonyl (C=O) groups is 1. The molecule has 0 aliphatic rings. The van der Waals surface area contributed by atoms with Gasteiger partial charge in [0.2, 0.25) is 0 Å². The van der Waals surface area contributed by atoms with Crippen LogP contribution in [-0.4, -0.2) is 18.1 Å². The zero-order valence-electron chi connectivity index (χ0n) is 8.43. The van der Waals surface area contributed by atoms with Crippen molar-refractivity contribution in [2.24, 2.45) is 0 Å². The topological polar surface area (TPSA) is 42.1 Å². The van der Waals surface area contributed by atoms with E-state index < -0.39 is 0 Å². The predicted octanol–water partition coefficient (Wildman–Crippen LogP) is 3.03. The number of aromatic amines is 1. The summed E-state index contributed by atoms with van der Waals surface area (Å²) in [5, 5.41) is 1.04. The lowest BCUT2D eigenvalue weighted by Crippen LogP contribution is -2.00. The highest BCUT2D eigenvalue weighted by molar-refractivity contribution is 9.10. The van der Waals surface area contributed by atoms with Crippen LogP contribution in [0.25, 0.3) is 10.9 Å². The van der Waals surface area contributed by atoms with E-state index in [0.29, 0.717) is 5.69 Å². The zero-order chi connectivity index (χ0) is 11.0. The Bertz CT molecular complexity index is 531. The third kappa shape index (κ3) is 1.77. The number of hydrogen-bond acceptors (Lipinski definition) is 2. The third-order valence-electron chi connectivity index (χ3n) is 2.31. The minimum atomic E-state index is -0.346. The normalized spacial score (nSPS) is 10.6. The number of benzene rings is 1. The van der Waals surface area contributed by atoms with E-state index in [0.717, 1.165) is 20.9 Å². The highest BCUT2D eigenvalue weighted by Crippen LogP contribution is 2.24. The minimum absolute atomic E-state index is 0.346. The number of aryl methyl sites for hydroxylation is 1. The fraction of sp³-hybridized carbons (Fsp3) is 0.182. The van der Waals surface area contributed by atoms with Gasteiger partial charge in [0, 0.05) is 15.4 Å². The molecule has 0 spiro atoms. The fourth-order valence-electron chi connectivity index (χ4n) is 1.59. The van der Waals surface area contributed by atoms with Gasteiger partial charge in [-0.05, 0) is 30.7 Å². The van der Waals surface area contributed by atoms with E-state index in [4.69, 9.17) is 0 Å². The van der Waals surface area contributed by atoms with Crippen LogP contribution in [0.4, 0.5) is 0 Å². The maximum Gasteiger partial charge on any atom is 0.354 e. The average Bonchev–Trinajstić information content (AvgIpc) is 2.60. The molecule has 2 aromatic rings. The average molecular weight is 268 g/mol. The number of methoxy groups -OCH3 is 1. The van der Waals surface area contributed by atoms with Gasteiger partial charge < -0.3 is 9.72 Å². The smallest absolute Gasteiger partial charge is 0.354 e. The van der Waals surface area contributed by atoms with Crippen LogP contribution < -0.4 is 0 Å². The number of rotatable bonds is 1. The molecule has 0 unspecified atom stereocenters. The van der Waals surface area contributed by atoms with Crippen LogP contribution in [0.5, 0.6) is 0 Å². The molecule has 0 aliphatic heterocycles. The molecule has 78 valence electrons. The Hall–Kier alpha value is -1.29. The molecule has 0 fully saturated rings. The van der Waals surface area contributed by atoms with Crippen molar-refractivity contribution in [3.05, 3.63) is 33.9 Å². The van der Waals surface area contributed by atoms with E-state index in [2.05, 4.69) is 25.7 Å². The Labute approximate surface area is 95.6 Å². The van der Waals surface area contributed by atoms with Gasteiger partial charge in [0.05, 0.1) is 7.11 Å². The molecule has 0 saturated heterocycles. The van der Waals surface area contributed by atoms with Crippen molar-refractivity contribution >= 4 is 32.8 Å². The molecule has 0 radical (unpaired) electrons. The van der Waals surface area contributed by atoms with Gasteiger partial charge >= 0.3 is 5.97 Å². The molecular formula is C11H10BrNO2. The Morgan fingerprint density at radius 3 is 2.80 bits per heavy atom. The first-order chi connectivity index (χ1) is 7.11. The molecule has 1 aromatic heterocycles. The molecule has 1 N–H and O–H groups in total. The van der Waals surface area contributed by atoms with E-state index in [9.17, 15) is 4.79 Å². The number of carbonyl (C=O) groups excluding carboxylic acids is 1. The first kappa shape index (κ1) is 10.2. The lowest BCUT2D eigenvalue weighted by Gasteiger charge is -1.96. The van der Waals surface area contributed by atoms with Gasteiger partial charge in [-0.2, -0.15) is 0 Å². The van der Waals surface area contributed by atoms with E-state index >= 15 is 0 Å². The summed E-state index contributed by atoms with van der Waals surface area (Å²) < 4.78 is 5.65. The summed E-state index contributed by atoms with van der Waals surface area (Å²) in [4.78, 5) is 14.3. The van der Waals surface area contributed by atoms with Gasteiger partial charge in [0.15, 0.2) is 0 Å². The number of hydrogen-bond donors (Lipinski definition) is 1. The summed E-state index contributed by atoms with van der Waals surface area (Å²) in [7, 11) is 1.37. The van der Waals surface area contributed by atoms with Crippen molar-refractivity contribution in [1.82, 2.24) is 4.98 Å². The quantitative estimate of drug-likeness (QED) is 0.808. The van der Waals surface area contributed by atoms with Crippen molar-refractivity contribution in [3.63, 3.8) is 0 Å². The number of halogens is 1. The summed E-state index contributed by atoms with van der Waals surface area (Å²) >= 11 is 3.41. The summed E-state index contributed by atoms with van der Waals surface area (Å²) in [6.07, 6.45) is 0. The van der Waals surface area contributed by atoms with Crippen molar-refractivity contribution < 1.29 is 9.53 Å². The standard InChI is InChI=1S/C11H10BrNO2/c1-6-3-7(12)4-9-8(6)5-10(13-9)11(14)15-2/h3-5,13H,1-2H3. The van der Waals surface area contributed by atoms with Crippen molar-refractivity contribution in [1.29, 1.82) is 0 Å². The van der Waals surface area contributed by atoms with Gasteiger partial charge in [-0.1, -0.05) is 15.9 Å². The van der Waals surface area contributed by atoms with Crippen LogP contribution in [0.3, 0.4) is 0 Å². The number of ether oxygens (including phenoxy) is 1. The van der Waals surface area contributed by atoms with E-state index in [1.165, 1.54) is 7.11 Å². The summed E-state index contributed by atoms with van der Waals surface area (Å²) in [6, 6.07) is 5.76. The molecular weight excluding hydrogens is 258 g/mol. The molecule has 15 heavy (non-hydrogen) atoms. The lowest BCUT2D eigenvalue weighted by atomic mass is 10.1. The number of esters is 1. The predicted molar refractivity (Wildman–Crippen MR) is 62.1 cm³/mol. The van der Waals surface area contributed by atoms with Crippen molar-refractivity contribution in [3.8, 4) is 0 Å². The van der Waals surface area contributed by atoms with Gasteiger partial charge in [-0.3, -0.25) is 0 Å². The second-order valence-corrected chi connectivity index (χ2v) is 4.27. The van der Waals surface area contributed by atoms with Crippen LogP contribution in [0.2, 0.25) is 0 Å².